The molecule has 1 amide bonds. The largest absolute Gasteiger partial charge is 0.508 e. The average Bonchev–Trinajstić information content (AvgIpc) is 3.88. The van der Waals surface area contributed by atoms with E-state index in [1.54, 1.807) is 6.07 Å². The van der Waals surface area contributed by atoms with Gasteiger partial charge in [-0.25, -0.2) is 0 Å². The van der Waals surface area contributed by atoms with E-state index in [0.29, 0.717) is 29.9 Å². The van der Waals surface area contributed by atoms with Crippen LogP contribution in [0.1, 0.15) is 140 Å². The molecule has 0 radical (unpaired) electrons. The lowest BCUT2D eigenvalue weighted by molar-refractivity contribution is -0.143. The minimum Gasteiger partial charge on any atom is -0.508 e. The first-order valence-electron chi connectivity index (χ1n) is 20.7. The van der Waals surface area contributed by atoms with Crippen LogP contribution in [0.3, 0.4) is 0 Å². The van der Waals surface area contributed by atoms with Crippen LogP contribution < -0.4 is 9.47 Å². The third-order valence-corrected chi connectivity index (χ3v) is 13.1. The van der Waals surface area contributed by atoms with Crippen molar-refractivity contribution in [2.75, 3.05) is 19.6 Å². The Labute approximate surface area is 306 Å². The van der Waals surface area contributed by atoms with Crippen molar-refractivity contribution in [3.05, 3.63) is 53.1 Å². The highest BCUT2D eigenvalue weighted by atomic mass is 16.6. The van der Waals surface area contributed by atoms with Gasteiger partial charge in [0.1, 0.15) is 11.9 Å². The number of hydrogen-bond acceptors (Lipinski definition) is 6. The fourth-order valence-corrected chi connectivity index (χ4v) is 10.5. The molecule has 0 unspecified atom stereocenters. The number of benzene rings is 2. The van der Waals surface area contributed by atoms with Crippen LogP contribution in [0.2, 0.25) is 0 Å². The number of hydrogen-bond donors (Lipinski definition) is 1. The molecule has 2 bridgehead atoms. The molecule has 2 aliphatic heterocycles. The highest BCUT2D eigenvalue weighted by Crippen LogP contribution is 2.66. The second-order valence-electron chi connectivity index (χ2n) is 16.6. The zero-order chi connectivity index (χ0) is 35.4. The molecule has 7 heteroatoms. The monoisotopic (exact) mass is 698 g/mol. The Kier molecular flexibility index (Phi) is 11.6. The summed E-state index contributed by atoms with van der Waals surface area (Å²) >= 11 is 0. The predicted octanol–water partition coefficient (Wildman–Crippen LogP) is 8.91. The molecule has 5 atom stereocenters. The van der Waals surface area contributed by atoms with Gasteiger partial charge < -0.3 is 19.5 Å². The van der Waals surface area contributed by atoms with E-state index in [4.69, 9.17) is 9.47 Å². The number of aromatic hydroxyl groups is 1. The third-order valence-electron chi connectivity index (χ3n) is 13.1. The van der Waals surface area contributed by atoms with Gasteiger partial charge in [-0.1, -0.05) is 88.6 Å². The fourth-order valence-electron chi connectivity index (χ4n) is 10.5. The summed E-state index contributed by atoms with van der Waals surface area (Å²) < 4.78 is 12.8. The maximum atomic E-state index is 14.3. The van der Waals surface area contributed by atoms with Crippen LogP contribution in [0, 0.1) is 11.8 Å². The summed E-state index contributed by atoms with van der Waals surface area (Å²) in [6, 6.07) is 12.7. The van der Waals surface area contributed by atoms with Crippen LogP contribution in [0.15, 0.2) is 36.4 Å². The number of nitrogens with zero attached hydrogens (tertiary/aromatic N) is 2. The topological polar surface area (TPSA) is 79.3 Å². The first-order chi connectivity index (χ1) is 24.9. The number of piperidine rings is 1. The molecule has 3 fully saturated rings. The minimum atomic E-state index is -0.415. The number of likely N-dealkylation sites (tertiary alicyclic amines) is 1. The molecule has 2 aromatic carbocycles. The second kappa shape index (κ2) is 16.3. The van der Waals surface area contributed by atoms with Gasteiger partial charge in [0, 0.05) is 55.1 Å². The number of phenolic OH excluding ortho intramolecular Hbond substituents is 1. The fraction of sp³-hybridized carbons (Fsp3) is 0.682. The Morgan fingerprint density at radius 3 is 2.43 bits per heavy atom. The van der Waals surface area contributed by atoms with Crippen LogP contribution in [0.25, 0.3) is 0 Å². The number of amides is 1. The first-order valence-corrected chi connectivity index (χ1v) is 20.7. The van der Waals surface area contributed by atoms with Gasteiger partial charge in [-0.05, 0) is 88.2 Å². The van der Waals surface area contributed by atoms with Crippen molar-refractivity contribution in [3.63, 3.8) is 0 Å². The Morgan fingerprint density at radius 1 is 0.961 bits per heavy atom. The Balaban J connectivity index is 1.02. The van der Waals surface area contributed by atoms with Gasteiger partial charge >= 0.3 is 5.97 Å². The van der Waals surface area contributed by atoms with Crippen molar-refractivity contribution in [2.24, 2.45) is 11.8 Å². The normalized spacial score (nSPS) is 26.0. The molecule has 2 heterocycles. The number of esters is 1. The maximum absolute atomic E-state index is 14.3. The second-order valence-corrected chi connectivity index (χ2v) is 16.6. The molecule has 2 saturated carbocycles. The number of carbonyl (C=O) groups is 2. The number of ether oxygens (including phenoxy) is 2. The van der Waals surface area contributed by atoms with Crippen LogP contribution in [0.4, 0.5) is 0 Å². The Morgan fingerprint density at radius 2 is 1.71 bits per heavy atom. The van der Waals surface area contributed by atoms with Crippen molar-refractivity contribution in [1.82, 2.24) is 9.80 Å². The number of unbranched alkanes of at least 4 members (excludes halogenated alkanes) is 9. The van der Waals surface area contributed by atoms with Crippen molar-refractivity contribution in [2.45, 2.75) is 159 Å². The van der Waals surface area contributed by atoms with Crippen molar-refractivity contribution in [3.8, 4) is 17.2 Å². The molecule has 1 spiro atoms. The van der Waals surface area contributed by atoms with Gasteiger partial charge in [-0.2, -0.15) is 0 Å². The van der Waals surface area contributed by atoms with Crippen LogP contribution >= 0.6 is 0 Å². The molecule has 2 aromatic rings. The van der Waals surface area contributed by atoms with E-state index in [1.165, 1.54) is 70.3 Å². The van der Waals surface area contributed by atoms with E-state index in [9.17, 15) is 14.7 Å². The number of aryl methyl sites for hydroxylation is 1. The highest BCUT2D eigenvalue weighted by Gasteiger charge is 2.67. The minimum absolute atomic E-state index is 0.0252. The molecular formula is C44H62N2O5. The van der Waals surface area contributed by atoms with Crippen LogP contribution in [-0.2, 0) is 27.8 Å². The van der Waals surface area contributed by atoms with Crippen molar-refractivity contribution >= 4 is 11.9 Å². The van der Waals surface area contributed by atoms with E-state index in [2.05, 4.69) is 47.1 Å². The molecule has 1 saturated heterocycles. The van der Waals surface area contributed by atoms with Gasteiger partial charge in [0.25, 0.3) is 0 Å². The molecule has 0 aromatic heterocycles. The van der Waals surface area contributed by atoms with E-state index in [1.807, 2.05) is 0 Å². The predicted molar refractivity (Wildman–Crippen MR) is 201 cm³/mol. The van der Waals surface area contributed by atoms with E-state index in [-0.39, 0.29) is 29.2 Å². The van der Waals surface area contributed by atoms with E-state index in [0.717, 1.165) is 94.5 Å². The summed E-state index contributed by atoms with van der Waals surface area (Å²) in [6.45, 7) is 6.56. The van der Waals surface area contributed by atoms with Crippen LogP contribution in [-0.4, -0.2) is 64.6 Å². The summed E-state index contributed by atoms with van der Waals surface area (Å²) in [7, 11) is 0. The molecule has 3 aliphatic carbocycles. The molecule has 1 N–H and O–H groups in total. The summed E-state index contributed by atoms with van der Waals surface area (Å²) in [4.78, 5) is 31.4. The summed E-state index contributed by atoms with van der Waals surface area (Å²) in [5, 5.41) is 11.4. The SMILES string of the molecule is CCCCCN(C(=O)CCCCCCCCCCc1ccccc1)[C@H]1CC[C@H]2[C@H]3Cc4c(O)cc(OC(C)=O)c5c4[C@@]2(CCN3CC2CC2)[C@H]1O5. The Hall–Kier alpha value is -3.06. The first kappa shape index (κ1) is 36.3. The lowest BCUT2D eigenvalue weighted by Crippen LogP contribution is -2.69. The van der Waals surface area contributed by atoms with Gasteiger partial charge in [-0.3, -0.25) is 14.5 Å². The quantitative estimate of drug-likeness (QED) is 0.0897. The van der Waals surface area contributed by atoms with Gasteiger partial charge in [0.2, 0.25) is 5.91 Å². The average molecular weight is 699 g/mol. The van der Waals surface area contributed by atoms with Crippen LogP contribution in [0.5, 0.6) is 17.2 Å². The molecule has 278 valence electrons. The molecule has 51 heavy (non-hydrogen) atoms. The lowest BCUT2D eigenvalue weighted by Gasteiger charge is -2.60. The molecule has 5 aliphatic rings. The summed E-state index contributed by atoms with van der Waals surface area (Å²) in [5.74, 6) is 2.26. The molecule has 7 rings (SSSR count). The van der Waals surface area contributed by atoms with E-state index >= 15 is 0 Å². The standard InChI is InChI=1S/C44H62N2O5/c1-3-4-16-26-46(40(49)20-15-10-8-6-5-7-9-12-17-32-18-13-11-14-19-32)36-24-23-35-37-28-34-38(48)29-39(50-31(2)47)42-41(34)44(35,43(36)51-42)25-27-45(37)30-33-21-22-33/h11,13-14,18-19,29,33,35-37,43,48H,3-10,12,15-17,20-28,30H2,1-2H3/t35-,36-,37+,43-,44-/m0/s1. The highest BCUT2D eigenvalue weighted by molar-refractivity contribution is 5.77. The number of rotatable bonds is 19. The summed E-state index contributed by atoms with van der Waals surface area (Å²) in [5.41, 5.74) is 3.22. The zero-order valence-electron chi connectivity index (χ0n) is 31.4. The van der Waals surface area contributed by atoms with Gasteiger partial charge in [-0.15, -0.1) is 0 Å². The number of phenols is 1. The smallest absolute Gasteiger partial charge is 0.308 e. The van der Waals surface area contributed by atoms with Crippen molar-refractivity contribution in [1.29, 1.82) is 0 Å². The molecular weight excluding hydrogens is 636 g/mol. The van der Waals surface area contributed by atoms with Crippen molar-refractivity contribution < 1.29 is 24.2 Å². The van der Waals surface area contributed by atoms with Gasteiger partial charge in [0.15, 0.2) is 11.5 Å². The third kappa shape index (κ3) is 7.70. The van der Waals surface area contributed by atoms with Gasteiger partial charge in [0.05, 0.1) is 6.04 Å². The zero-order valence-corrected chi connectivity index (χ0v) is 31.4. The summed E-state index contributed by atoms with van der Waals surface area (Å²) in [6.07, 6.45) is 20.8. The lowest BCUT2D eigenvalue weighted by atomic mass is 9.50. The molecule has 7 nitrogen and oxygen atoms in total. The number of carbonyl (C=O) groups excluding carboxylic acids is 2. The Bertz CT molecular complexity index is 1510. The van der Waals surface area contributed by atoms with E-state index < -0.39 is 5.97 Å². The maximum Gasteiger partial charge on any atom is 0.308 e.